The van der Waals surface area contributed by atoms with Crippen LogP contribution in [0.25, 0.3) is 0 Å². The number of alkyl halides is 2. The van der Waals surface area contributed by atoms with Gasteiger partial charge in [-0.1, -0.05) is 149 Å². The summed E-state index contributed by atoms with van der Waals surface area (Å²) in [6.07, 6.45) is 0.844. The number of unbranched alkanes of at least 4 members (excludes halogenated alkanes) is 2. The van der Waals surface area contributed by atoms with Crippen LogP contribution in [0.1, 0.15) is 172 Å². The Labute approximate surface area is 607 Å². The Morgan fingerprint density at radius 1 is 0.710 bits per heavy atom. The zero-order valence-corrected chi connectivity index (χ0v) is 63.9. The molecule has 4 rings (SSSR count). The summed E-state index contributed by atoms with van der Waals surface area (Å²) in [6, 6.07) is 12.3. The summed E-state index contributed by atoms with van der Waals surface area (Å²) in [4.78, 5) is 145. The van der Waals surface area contributed by atoms with E-state index in [1.165, 1.54) is 26.2 Å². The Bertz CT molecular complexity index is 3130. The highest BCUT2D eigenvalue weighted by molar-refractivity contribution is 9.08. The van der Waals surface area contributed by atoms with Gasteiger partial charge >= 0.3 is 12.1 Å². The standard InChI is InChI=1S/C72H110Br2N12O14/c1-15-45(8)62(56(98-13)38-58(88)86-35-23-27-55(86)64(99-14)46(9)65(90)78-47(10)63(89)49-24-18-16-19-25-49)84(11)70(95)60(43(4)5)83-69(94)61(44(6)7)85(12)72(97)100-41-48-29-31-51(32-30-48)80-67(92)54(26-22-34-77-71(75)96)81-68(93)59(42(2)3)82-57(87)28-20-17-21-33-76-66(91)50-36-52(39-73)79-53(37-50)40-74/h16,18-19,24-25,29-32,36-37,42-47,54-56,59-64,89H,15,17,20-23,26-28,33-35,38-41H2,1-14H3,(H,76,91)(H,78,90)(H,80,92)(H,81,93)(H,82,87)(H,83,94)(H3,75,77,96)/t45-,46+,47+,54-,55-,56+,59-,60-,61-,62-,63+,64+/m0/s1. The van der Waals surface area contributed by atoms with Crippen LogP contribution in [0.5, 0.6) is 0 Å². The number of carbonyl (C=O) groups excluding carboxylic acids is 10. The molecular formula is C72H110Br2N12O14. The second kappa shape index (κ2) is 42.9. The number of hydrogen-bond donors (Lipinski definition) is 9. The molecule has 12 atom stereocenters. The van der Waals surface area contributed by atoms with Crippen molar-refractivity contribution < 1.29 is 67.3 Å². The van der Waals surface area contributed by atoms with Gasteiger partial charge in [-0.15, -0.1) is 0 Å². The maximum absolute atomic E-state index is 14.8. The van der Waals surface area contributed by atoms with Crippen LogP contribution in [0, 0.1) is 29.6 Å². The lowest BCUT2D eigenvalue weighted by Gasteiger charge is -2.41. The fourth-order valence-electron chi connectivity index (χ4n) is 12.5. The van der Waals surface area contributed by atoms with Gasteiger partial charge in [0, 0.05) is 76.3 Å². The monoisotopic (exact) mass is 1520 g/mol. The molecule has 28 heteroatoms. The molecule has 2 heterocycles. The van der Waals surface area contributed by atoms with Gasteiger partial charge in [-0.3, -0.25) is 48.2 Å². The van der Waals surface area contributed by atoms with Crippen LogP contribution in [0.4, 0.5) is 15.3 Å². The normalized spacial score (nSPS) is 16.3. The number of aliphatic hydroxyl groups is 1. The lowest BCUT2D eigenvalue weighted by molar-refractivity contribution is -0.148. The summed E-state index contributed by atoms with van der Waals surface area (Å²) in [5.41, 5.74) is 8.81. The molecule has 2 aromatic carbocycles. The van der Waals surface area contributed by atoms with Crippen molar-refractivity contribution in [3.8, 4) is 0 Å². The van der Waals surface area contributed by atoms with Gasteiger partial charge in [-0.05, 0) is 105 Å². The van der Waals surface area contributed by atoms with Crippen LogP contribution in [0.3, 0.4) is 0 Å². The van der Waals surface area contributed by atoms with Gasteiger partial charge in [-0.25, -0.2) is 9.59 Å². The van der Waals surface area contributed by atoms with Gasteiger partial charge in [0.15, 0.2) is 0 Å². The highest BCUT2D eigenvalue weighted by Gasteiger charge is 2.44. The summed E-state index contributed by atoms with van der Waals surface area (Å²) in [5, 5.41) is 31.7. The van der Waals surface area contributed by atoms with E-state index in [2.05, 4.69) is 74.1 Å². The number of likely N-dealkylation sites (N-methyl/N-ethyl adjacent to an activating group) is 2. The van der Waals surface area contributed by atoms with Crippen molar-refractivity contribution in [2.24, 2.45) is 35.3 Å². The Morgan fingerprint density at radius 3 is 1.91 bits per heavy atom. The third-order valence-electron chi connectivity index (χ3n) is 18.4. The van der Waals surface area contributed by atoms with Crippen LogP contribution in [-0.4, -0.2) is 187 Å². The number of benzene rings is 2. The molecule has 0 unspecified atom stereocenters. The Kier molecular flexibility index (Phi) is 36.5. The van der Waals surface area contributed by atoms with E-state index in [9.17, 15) is 53.1 Å². The number of amides is 11. The number of ether oxygens (including phenoxy) is 3. The first-order valence-electron chi connectivity index (χ1n) is 34.7. The topological polar surface area (TPSA) is 351 Å². The molecule has 3 aromatic rings. The molecular weight excluding hydrogens is 1420 g/mol. The molecule has 0 radical (unpaired) electrons. The van der Waals surface area contributed by atoms with Crippen LogP contribution in [0.15, 0.2) is 66.7 Å². The Balaban J connectivity index is 1.36. The number of rotatable bonds is 41. The van der Waals surface area contributed by atoms with E-state index in [0.29, 0.717) is 84.7 Å². The van der Waals surface area contributed by atoms with E-state index in [0.717, 1.165) is 11.4 Å². The highest BCUT2D eigenvalue weighted by atomic mass is 79.9. The van der Waals surface area contributed by atoms with E-state index < -0.39 is 114 Å². The summed E-state index contributed by atoms with van der Waals surface area (Å²) >= 11 is 6.78. The molecule has 1 aliphatic rings. The minimum atomic E-state index is -1.11. The molecule has 1 fully saturated rings. The van der Waals surface area contributed by atoms with Gasteiger partial charge in [0.1, 0.15) is 30.8 Å². The molecule has 0 saturated carbocycles. The minimum Gasteiger partial charge on any atom is -0.445 e. The van der Waals surface area contributed by atoms with E-state index in [4.69, 9.17) is 19.9 Å². The van der Waals surface area contributed by atoms with E-state index in [1.54, 1.807) is 121 Å². The molecule has 556 valence electrons. The zero-order chi connectivity index (χ0) is 74.5. The fraction of sp³-hybridized carbons (Fsp3) is 0.625. The number of anilines is 1. The number of likely N-dealkylation sites (tertiary alicyclic amines) is 1. The van der Waals surface area contributed by atoms with Gasteiger partial charge in [0.25, 0.3) is 5.91 Å². The number of nitrogens with one attached hydrogen (secondary N) is 7. The zero-order valence-electron chi connectivity index (χ0n) is 60.7. The van der Waals surface area contributed by atoms with Gasteiger partial charge < -0.3 is 72.1 Å². The van der Waals surface area contributed by atoms with Crippen LogP contribution in [0.2, 0.25) is 0 Å². The van der Waals surface area contributed by atoms with E-state index in [1.807, 2.05) is 32.0 Å². The second-order valence-electron chi connectivity index (χ2n) is 27.0. The predicted molar refractivity (Wildman–Crippen MR) is 389 cm³/mol. The molecule has 1 aromatic heterocycles. The highest BCUT2D eigenvalue weighted by Crippen LogP contribution is 2.31. The SMILES string of the molecule is CC[C@H](C)[C@@H]([C@@H](CC(=O)N1CCC[C@H]1[C@H](OC)[C@@H](C)C(=O)N[C@H](C)[C@@H](O)c1ccccc1)OC)N(C)C(=O)[C@@H](NC(=O)[C@H](C(C)C)N(C)C(=O)OCc1ccc(NC(=O)[C@H](CCCNC(N)=O)NC(=O)[C@@H](NC(=O)CCCCCNC(=O)c2cc(CBr)nc(CBr)c2)C(C)C)cc1)C(C)C. The maximum Gasteiger partial charge on any atom is 0.410 e. The number of aromatic nitrogens is 1. The fourth-order valence-corrected chi connectivity index (χ4v) is 13.1. The second-order valence-corrected chi connectivity index (χ2v) is 28.1. The molecule has 0 aliphatic carbocycles. The van der Waals surface area contributed by atoms with Crippen molar-refractivity contribution in [1.29, 1.82) is 0 Å². The molecule has 10 N–H and O–H groups in total. The van der Waals surface area contributed by atoms with Crippen LogP contribution >= 0.6 is 31.9 Å². The summed E-state index contributed by atoms with van der Waals surface area (Å²) in [6.45, 7) is 18.8. The maximum atomic E-state index is 14.8. The summed E-state index contributed by atoms with van der Waals surface area (Å²) < 4.78 is 17.8. The number of carbonyl (C=O) groups is 10. The average Bonchev–Trinajstić information content (AvgIpc) is 1.22. The minimum absolute atomic E-state index is 0.0911. The largest absolute Gasteiger partial charge is 0.445 e. The molecule has 11 amide bonds. The quantitative estimate of drug-likeness (QED) is 0.0193. The smallest absolute Gasteiger partial charge is 0.410 e. The first-order chi connectivity index (χ1) is 47.4. The number of methoxy groups -OCH3 is 2. The third-order valence-corrected chi connectivity index (χ3v) is 19.5. The Morgan fingerprint density at radius 2 is 1.34 bits per heavy atom. The summed E-state index contributed by atoms with van der Waals surface area (Å²) in [5.74, 6) is -5.40. The number of nitrogens with zero attached hydrogens (tertiary/aromatic N) is 4. The van der Waals surface area contributed by atoms with Gasteiger partial charge in [-0.2, -0.15) is 0 Å². The van der Waals surface area contributed by atoms with Gasteiger partial charge in [0.2, 0.25) is 41.4 Å². The number of aliphatic hydroxyl groups excluding tert-OH is 1. The van der Waals surface area contributed by atoms with Crippen molar-refractivity contribution in [2.75, 3.05) is 53.3 Å². The van der Waals surface area contributed by atoms with Crippen molar-refractivity contribution in [3.63, 3.8) is 0 Å². The molecule has 1 saturated heterocycles. The molecule has 0 spiro atoms. The number of primary amides is 1. The average molecular weight is 1530 g/mol. The van der Waals surface area contributed by atoms with Crippen molar-refractivity contribution >= 4 is 96.9 Å². The first kappa shape index (κ1) is 85.1. The first-order valence-corrected chi connectivity index (χ1v) is 37.0. The van der Waals surface area contributed by atoms with E-state index >= 15 is 0 Å². The van der Waals surface area contributed by atoms with Crippen molar-refractivity contribution in [1.82, 2.24) is 51.6 Å². The number of urea groups is 1. The number of halogens is 2. The van der Waals surface area contributed by atoms with E-state index in [-0.39, 0.29) is 74.3 Å². The molecule has 0 bridgehead atoms. The Hall–Kier alpha value is -7.27. The van der Waals surface area contributed by atoms with Crippen molar-refractivity contribution in [2.45, 2.75) is 211 Å². The lowest BCUT2D eigenvalue weighted by Crippen LogP contribution is -2.60. The molecule has 26 nitrogen and oxygen atoms in total. The number of pyridine rings is 1. The van der Waals surface area contributed by atoms with Gasteiger partial charge in [0.05, 0.1) is 60.2 Å². The number of nitrogens with two attached hydrogens (primary N) is 1. The van der Waals surface area contributed by atoms with Crippen LogP contribution in [-0.2, 0) is 65.0 Å². The van der Waals surface area contributed by atoms with Crippen LogP contribution < -0.4 is 43.0 Å². The molecule has 100 heavy (non-hydrogen) atoms. The predicted octanol–water partition coefficient (Wildman–Crippen LogP) is 7.77. The number of hydrogen-bond acceptors (Lipinski definition) is 15. The van der Waals surface area contributed by atoms with Crippen molar-refractivity contribution in [3.05, 3.63) is 94.8 Å². The summed E-state index contributed by atoms with van der Waals surface area (Å²) in [7, 11) is 6.09. The lowest BCUT2D eigenvalue weighted by atomic mass is 9.89. The third kappa shape index (κ3) is 26.0. The molecule has 1 aliphatic heterocycles.